The van der Waals surface area contributed by atoms with Gasteiger partial charge in [-0.1, -0.05) is 13.8 Å². The van der Waals surface area contributed by atoms with Crippen molar-refractivity contribution in [3.63, 3.8) is 0 Å². The Labute approximate surface area is 117 Å². The molecule has 1 rings (SSSR count). The highest BCUT2D eigenvalue weighted by Gasteiger charge is 2.46. The summed E-state index contributed by atoms with van der Waals surface area (Å²) in [6.45, 7) is 5.91. The molecule has 19 heavy (non-hydrogen) atoms. The normalized spacial score (nSPS) is 29.4. The maximum absolute atomic E-state index is 5.65. The van der Waals surface area contributed by atoms with Gasteiger partial charge in [-0.2, -0.15) is 0 Å². The highest BCUT2D eigenvalue weighted by molar-refractivity contribution is 4.95. The van der Waals surface area contributed by atoms with Crippen molar-refractivity contribution in [2.75, 3.05) is 41.7 Å². The Kier molecular flexibility index (Phi) is 6.74. The predicted octanol–water partition coefficient (Wildman–Crippen LogP) is 2.36. The van der Waals surface area contributed by atoms with E-state index in [2.05, 4.69) is 13.8 Å². The largest absolute Gasteiger partial charge is 0.382 e. The molecule has 0 amide bonds. The van der Waals surface area contributed by atoms with Gasteiger partial charge in [-0.25, -0.2) is 0 Å². The van der Waals surface area contributed by atoms with E-state index >= 15 is 0 Å². The Morgan fingerprint density at radius 3 is 1.47 bits per heavy atom. The van der Waals surface area contributed by atoms with Gasteiger partial charge in [-0.15, -0.1) is 0 Å². The molecule has 0 aliphatic heterocycles. The zero-order valence-corrected chi connectivity index (χ0v) is 13.3. The molecular formula is C15H30O4. The van der Waals surface area contributed by atoms with E-state index in [1.54, 1.807) is 28.4 Å². The first-order chi connectivity index (χ1) is 8.99. The summed E-state index contributed by atoms with van der Waals surface area (Å²) < 4.78 is 21.9. The third-order valence-electron chi connectivity index (χ3n) is 4.35. The standard InChI is InChI=1S/C15H30O4/c1-15(2)7-11(13(18-5)9-16-3)12(8-15)14(19-6)10-17-4/h11-14H,7-10H2,1-6H3. The van der Waals surface area contributed by atoms with Crippen LogP contribution < -0.4 is 0 Å². The van der Waals surface area contributed by atoms with Crippen molar-refractivity contribution in [3.8, 4) is 0 Å². The van der Waals surface area contributed by atoms with Gasteiger partial charge < -0.3 is 18.9 Å². The minimum atomic E-state index is 0.131. The van der Waals surface area contributed by atoms with E-state index in [0.717, 1.165) is 12.8 Å². The second kappa shape index (κ2) is 7.58. The van der Waals surface area contributed by atoms with Crippen molar-refractivity contribution in [1.29, 1.82) is 0 Å². The molecule has 4 unspecified atom stereocenters. The van der Waals surface area contributed by atoms with Crippen LogP contribution in [0.4, 0.5) is 0 Å². The van der Waals surface area contributed by atoms with E-state index in [1.165, 1.54) is 0 Å². The lowest BCUT2D eigenvalue weighted by Gasteiger charge is -2.31. The molecule has 4 nitrogen and oxygen atoms in total. The molecule has 0 spiro atoms. The van der Waals surface area contributed by atoms with Gasteiger partial charge in [0.1, 0.15) is 0 Å². The molecule has 0 N–H and O–H groups in total. The minimum Gasteiger partial charge on any atom is -0.382 e. The SMILES string of the molecule is COCC(OC)C1CC(C)(C)CC1C(COC)OC. The van der Waals surface area contributed by atoms with Crippen LogP contribution in [-0.2, 0) is 18.9 Å². The number of hydrogen-bond donors (Lipinski definition) is 0. The summed E-state index contributed by atoms with van der Waals surface area (Å²) in [5.41, 5.74) is 0.324. The molecule has 0 saturated heterocycles. The molecule has 0 aromatic heterocycles. The first-order valence-corrected chi connectivity index (χ1v) is 7.02. The quantitative estimate of drug-likeness (QED) is 0.681. The summed E-state index contributed by atoms with van der Waals surface area (Å²) in [5.74, 6) is 0.917. The van der Waals surface area contributed by atoms with Crippen molar-refractivity contribution in [3.05, 3.63) is 0 Å². The average molecular weight is 274 g/mol. The molecule has 0 aromatic rings. The van der Waals surface area contributed by atoms with Crippen LogP contribution in [0, 0.1) is 17.3 Å². The van der Waals surface area contributed by atoms with Crippen LogP contribution >= 0.6 is 0 Å². The third-order valence-corrected chi connectivity index (χ3v) is 4.35. The van der Waals surface area contributed by atoms with Crippen LogP contribution in [0.5, 0.6) is 0 Å². The summed E-state index contributed by atoms with van der Waals surface area (Å²) in [4.78, 5) is 0. The molecule has 1 fully saturated rings. The number of hydrogen-bond acceptors (Lipinski definition) is 4. The van der Waals surface area contributed by atoms with Gasteiger partial charge in [0.15, 0.2) is 0 Å². The second-order valence-electron chi connectivity index (χ2n) is 6.36. The van der Waals surface area contributed by atoms with Crippen molar-refractivity contribution in [2.45, 2.75) is 38.9 Å². The lowest BCUT2D eigenvalue weighted by Crippen LogP contribution is -2.38. The summed E-state index contributed by atoms with van der Waals surface area (Å²) in [6.07, 6.45) is 2.55. The molecule has 1 aliphatic carbocycles. The zero-order valence-electron chi connectivity index (χ0n) is 13.3. The molecule has 1 saturated carbocycles. The number of rotatable bonds is 8. The fourth-order valence-electron chi connectivity index (χ4n) is 3.54. The molecule has 4 atom stereocenters. The Hall–Kier alpha value is -0.160. The topological polar surface area (TPSA) is 36.9 Å². The van der Waals surface area contributed by atoms with Crippen LogP contribution in [0.15, 0.2) is 0 Å². The first kappa shape index (κ1) is 16.9. The Balaban J connectivity index is 2.84. The van der Waals surface area contributed by atoms with Crippen LogP contribution in [0.3, 0.4) is 0 Å². The van der Waals surface area contributed by atoms with E-state index in [1.807, 2.05) is 0 Å². The van der Waals surface area contributed by atoms with Gasteiger partial charge in [0.05, 0.1) is 25.4 Å². The molecule has 1 aliphatic rings. The van der Waals surface area contributed by atoms with Crippen molar-refractivity contribution in [1.82, 2.24) is 0 Å². The first-order valence-electron chi connectivity index (χ1n) is 7.02. The maximum atomic E-state index is 5.65. The smallest absolute Gasteiger partial charge is 0.0836 e. The number of methoxy groups -OCH3 is 4. The van der Waals surface area contributed by atoms with Gasteiger partial charge in [0, 0.05) is 28.4 Å². The van der Waals surface area contributed by atoms with Crippen LogP contribution in [0.2, 0.25) is 0 Å². The summed E-state index contributed by atoms with van der Waals surface area (Å²) in [7, 11) is 6.99. The highest BCUT2D eigenvalue weighted by Crippen LogP contribution is 2.48. The van der Waals surface area contributed by atoms with E-state index in [4.69, 9.17) is 18.9 Å². The molecule has 0 aromatic carbocycles. The Morgan fingerprint density at radius 1 is 0.842 bits per heavy atom. The highest BCUT2D eigenvalue weighted by atomic mass is 16.5. The van der Waals surface area contributed by atoms with E-state index in [-0.39, 0.29) is 12.2 Å². The second-order valence-corrected chi connectivity index (χ2v) is 6.36. The molecule has 0 bridgehead atoms. The Morgan fingerprint density at radius 2 is 1.21 bits per heavy atom. The number of ether oxygens (including phenoxy) is 4. The zero-order chi connectivity index (χ0) is 14.5. The van der Waals surface area contributed by atoms with Gasteiger partial charge in [-0.3, -0.25) is 0 Å². The van der Waals surface area contributed by atoms with Gasteiger partial charge in [-0.05, 0) is 30.1 Å². The predicted molar refractivity (Wildman–Crippen MR) is 75.3 cm³/mol. The summed E-state index contributed by atoms with van der Waals surface area (Å²) >= 11 is 0. The summed E-state index contributed by atoms with van der Waals surface area (Å²) in [5, 5.41) is 0. The van der Waals surface area contributed by atoms with Crippen LogP contribution in [-0.4, -0.2) is 53.9 Å². The van der Waals surface area contributed by atoms with E-state index < -0.39 is 0 Å². The lowest BCUT2D eigenvalue weighted by molar-refractivity contribution is -0.0650. The van der Waals surface area contributed by atoms with Gasteiger partial charge >= 0.3 is 0 Å². The van der Waals surface area contributed by atoms with Gasteiger partial charge in [0.2, 0.25) is 0 Å². The van der Waals surface area contributed by atoms with E-state index in [0.29, 0.717) is 30.5 Å². The molecule has 0 radical (unpaired) electrons. The third kappa shape index (κ3) is 4.42. The molecular weight excluding hydrogens is 244 g/mol. The maximum Gasteiger partial charge on any atom is 0.0836 e. The molecule has 114 valence electrons. The van der Waals surface area contributed by atoms with Crippen molar-refractivity contribution >= 4 is 0 Å². The van der Waals surface area contributed by atoms with Crippen molar-refractivity contribution < 1.29 is 18.9 Å². The average Bonchev–Trinajstić information content (AvgIpc) is 2.68. The van der Waals surface area contributed by atoms with Crippen molar-refractivity contribution in [2.24, 2.45) is 17.3 Å². The van der Waals surface area contributed by atoms with Crippen LogP contribution in [0.25, 0.3) is 0 Å². The fraction of sp³-hybridized carbons (Fsp3) is 1.00. The molecule has 4 heteroatoms. The fourth-order valence-corrected chi connectivity index (χ4v) is 3.54. The van der Waals surface area contributed by atoms with Crippen LogP contribution in [0.1, 0.15) is 26.7 Å². The van der Waals surface area contributed by atoms with E-state index in [9.17, 15) is 0 Å². The lowest BCUT2D eigenvalue weighted by atomic mass is 9.86. The monoisotopic (exact) mass is 274 g/mol. The minimum absolute atomic E-state index is 0.131. The molecule has 0 heterocycles. The van der Waals surface area contributed by atoms with Gasteiger partial charge in [0.25, 0.3) is 0 Å². The Bertz CT molecular complexity index is 231. The summed E-state index contributed by atoms with van der Waals surface area (Å²) in [6, 6.07) is 0.